The average Bonchev–Trinajstić information content (AvgIpc) is 3.32. The number of nitrogens with zero attached hydrogens (tertiary/aromatic N) is 3. The zero-order chi connectivity index (χ0) is 24.5. The summed E-state index contributed by atoms with van der Waals surface area (Å²) < 4.78 is 1.98. The maximum absolute atomic E-state index is 13.0. The van der Waals surface area contributed by atoms with Crippen LogP contribution >= 0.6 is 23.4 Å². The Balaban J connectivity index is 1.45. The monoisotopic (exact) mass is 503 g/mol. The fourth-order valence-electron chi connectivity index (χ4n) is 4.04. The highest BCUT2D eigenvalue weighted by molar-refractivity contribution is 8.18. The van der Waals surface area contributed by atoms with Gasteiger partial charge in [0.15, 0.2) is 0 Å². The number of carbonyl (C=O) groups is 2. The first-order valence-corrected chi connectivity index (χ1v) is 11.9. The summed E-state index contributed by atoms with van der Waals surface area (Å²) in [7, 11) is 0. The lowest BCUT2D eigenvalue weighted by molar-refractivity contribution is -0.384. The molecule has 0 saturated carbocycles. The number of imide groups is 1. The van der Waals surface area contributed by atoms with Crippen LogP contribution in [0.25, 0.3) is 17.0 Å². The molecule has 4 aromatic rings. The van der Waals surface area contributed by atoms with E-state index >= 15 is 0 Å². The molecule has 0 atom stereocenters. The van der Waals surface area contributed by atoms with E-state index in [4.69, 9.17) is 11.6 Å². The molecule has 1 fully saturated rings. The zero-order valence-electron chi connectivity index (χ0n) is 18.3. The molecule has 1 aliphatic heterocycles. The van der Waals surface area contributed by atoms with Gasteiger partial charge in [0.25, 0.3) is 16.8 Å². The van der Waals surface area contributed by atoms with Gasteiger partial charge in [-0.25, -0.2) is 0 Å². The van der Waals surface area contributed by atoms with E-state index in [1.54, 1.807) is 42.5 Å². The number of carbonyl (C=O) groups excluding carboxylic acids is 2. The van der Waals surface area contributed by atoms with E-state index in [9.17, 15) is 19.7 Å². The van der Waals surface area contributed by atoms with Crippen molar-refractivity contribution in [1.29, 1.82) is 0 Å². The van der Waals surface area contributed by atoms with E-state index in [-0.39, 0.29) is 23.4 Å². The van der Waals surface area contributed by atoms with E-state index in [0.29, 0.717) is 16.5 Å². The first kappa shape index (κ1) is 22.9. The summed E-state index contributed by atoms with van der Waals surface area (Å²) in [6, 6.07) is 21.3. The minimum absolute atomic E-state index is 0.0357. The number of hydrogen-bond donors (Lipinski definition) is 0. The van der Waals surface area contributed by atoms with Gasteiger partial charge in [0.2, 0.25) is 0 Å². The predicted octanol–water partition coefficient (Wildman–Crippen LogP) is 6.49. The molecule has 174 valence electrons. The molecule has 3 aromatic carbocycles. The van der Waals surface area contributed by atoms with Crippen LogP contribution in [0.5, 0.6) is 0 Å². The van der Waals surface area contributed by atoms with Crippen molar-refractivity contribution in [2.24, 2.45) is 0 Å². The summed E-state index contributed by atoms with van der Waals surface area (Å²) in [4.78, 5) is 37.9. The van der Waals surface area contributed by atoms with E-state index in [1.807, 2.05) is 41.1 Å². The van der Waals surface area contributed by atoms with Gasteiger partial charge in [-0.05, 0) is 47.2 Å². The average molecular weight is 504 g/mol. The van der Waals surface area contributed by atoms with Crippen LogP contribution in [0, 0.1) is 10.1 Å². The number of amides is 2. The Kier molecular flexibility index (Phi) is 6.15. The molecule has 0 spiro atoms. The Labute approximate surface area is 209 Å². The third-order valence-corrected chi connectivity index (χ3v) is 6.87. The van der Waals surface area contributed by atoms with Gasteiger partial charge < -0.3 is 4.57 Å². The van der Waals surface area contributed by atoms with Crippen molar-refractivity contribution in [1.82, 2.24) is 9.47 Å². The van der Waals surface area contributed by atoms with Crippen molar-refractivity contribution >= 4 is 57.2 Å². The zero-order valence-corrected chi connectivity index (χ0v) is 19.8. The van der Waals surface area contributed by atoms with Gasteiger partial charge in [0, 0.05) is 46.4 Å². The molecule has 7 nitrogen and oxygen atoms in total. The van der Waals surface area contributed by atoms with Gasteiger partial charge in [-0.2, -0.15) is 0 Å². The van der Waals surface area contributed by atoms with Crippen LogP contribution in [-0.2, 0) is 17.9 Å². The molecule has 0 aliphatic carbocycles. The Morgan fingerprint density at radius 1 is 0.943 bits per heavy atom. The SMILES string of the molecule is O=C1S/C(=C/c2cn(Cc3cccc([N+](=O)[O-])c3)c3ccccc23)C(=O)N1Cc1ccc(Cl)cc1. The molecule has 0 unspecified atom stereocenters. The first-order valence-electron chi connectivity index (χ1n) is 10.7. The van der Waals surface area contributed by atoms with E-state index in [0.717, 1.165) is 39.4 Å². The Morgan fingerprint density at radius 2 is 1.71 bits per heavy atom. The molecule has 0 radical (unpaired) electrons. The number of thioether (sulfide) groups is 1. The molecule has 1 aliphatic rings. The summed E-state index contributed by atoms with van der Waals surface area (Å²) in [6.45, 7) is 0.599. The van der Waals surface area contributed by atoms with Crippen molar-refractivity contribution < 1.29 is 14.5 Å². The van der Waals surface area contributed by atoms with Crippen molar-refractivity contribution in [2.45, 2.75) is 13.1 Å². The second kappa shape index (κ2) is 9.40. The van der Waals surface area contributed by atoms with Crippen molar-refractivity contribution in [3.8, 4) is 0 Å². The van der Waals surface area contributed by atoms with Gasteiger partial charge >= 0.3 is 0 Å². The van der Waals surface area contributed by atoms with E-state index in [2.05, 4.69) is 0 Å². The maximum atomic E-state index is 13.0. The van der Waals surface area contributed by atoms with Crippen molar-refractivity contribution in [3.05, 3.63) is 116 Å². The van der Waals surface area contributed by atoms with Gasteiger partial charge in [-0.3, -0.25) is 24.6 Å². The third kappa shape index (κ3) is 4.71. The topological polar surface area (TPSA) is 85.5 Å². The highest BCUT2D eigenvalue weighted by Gasteiger charge is 2.35. The number of aromatic nitrogens is 1. The highest BCUT2D eigenvalue weighted by Crippen LogP contribution is 2.35. The standard InChI is InChI=1S/C26H18ClN3O4S/c27-20-10-8-17(9-11-20)15-29-25(31)24(35-26(29)32)13-19-16-28(23-7-2-1-6-22(19)23)14-18-4-3-5-21(12-18)30(33)34/h1-13,16H,14-15H2/b24-13+. The number of rotatable bonds is 6. The van der Waals surface area contributed by atoms with Crippen LogP contribution in [0.4, 0.5) is 10.5 Å². The minimum Gasteiger partial charge on any atom is -0.342 e. The summed E-state index contributed by atoms with van der Waals surface area (Å²) in [5, 5.41) is 12.3. The number of nitro groups is 1. The molecule has 1 aromatic heterocycles. The number of hydrogen-bond acceptors (Lipinski definition) is 5. The number of non-ortho nitro benzene ring substituents is 1. The summed E-state index contributed by atoms with van der Waals surface area (Å²) in [6.07, 6.45) is 3.63. The number of benzene rings is 3. The molecule has 5 rings (SSSR count). The Morgan fingerprint density at radius 3 is 2.49 bits per heavy atom. The second-order valence-corrected chi connectivity index (χ2v) is 9.48. The summed E-state index contributed by atoms with van der Waals surface area (Å²) in [5.41, 5.74) is 3.35. The number of fused-ring (bicyclic) bond motifs is 1. The summed E-state index contributed by atoms with van der Waals surface area (Å²) >= 11 is 6.84. The van der Waals surface area contributed by atoms with Crippen LogP contribution in [-0.4, -0.2) is 25.5 Å². The smallest absolute Gasteiger partial charge is 0.293 e. The number of nitro benzene ring substituents is 1. The predicted molar refractivity (Wildman–Crippen MR) is 137 cm³/mol. The fourth-order valence-corrected chi connectivity index (χ4v) is 4.99. The van der Waals surface area contributed by atoms with Crippen LogP contribution in [0.1, 0.15) is 16.7 Å². The van der Waals surface area contributed by atoms with Crippen LogP contribution in [0.2, 0.25) is 5.02 Å². The van der Waals surface area contributed by atoms with Gasteiger partial charge in [0.05, 0.1) is 16.4 Å². The molecule has 9 heteroatoms. The molecule has 2 amide bonds. The van der Waals surface area contributed by atoms with Crippen molar-refractivity contribution in [3.63, 3.8) is 0 Å². The molecule has 0 bridgehead atoms. The largest absolute Gasteiger partial charge is 0.342 e. The molecular weight excluding hydrogens is 486 g/mol. The molecular formula is C26H18ClN3O4S. The van der Waals surface area contributed by atoms with Crippen molar-refractivity contribution in [2.75, 3.05) is 0 Å². The summed E-state index contributed by atoms with van der Waals surface area (Å²) in [5.74, 6) is -0.342. The van der Waals surface area contributed by atoms with Gasteiger partial charge in [0.1, 0.15) is 0 Å². The molecule has 35 heavy (non-hydrogen) atoms. The lowest BCUT2D eigenvalue weighted by atomic mass is 10.1. The van der Waals surface area contributed by atoms with Gasteiger partial charge in [-0.1, -0.05) is 54.1 Å². The lowest BCUT2D eigenvalue weighted by Gasteiger charge is -2.12. The second-order valence-electron chi connectivity index (χ2n) is 8.05. The lowest BCUT2D eigenvalue weighted by Crippen LogP contribution is -2.27. The quantitative estimate of drug-likeness (QED) is 0.170. The molecule has 2 heterocycles. The molecule has 0 N–H and O–H groups in total. The highest BCUT2D eigenvalue weighted by atomic mass is 35.5. The van der Waals surface area contributed by atoms with Gasteiger partial charge in [-0.15, -0.1) is 0 Å². The van der Waals surface area contributed by atoms with Crippen LogP contribution < -0.4 is 0 Å². The Bertz CT molecular complexity index is 1510. The van der Waals surface area contributed by atoms with Crippen LogP contribution in [0.3, 0.4) is 0 Å². The minimum atomic E-state index is -0.414. The third-order valence-electron chi connectivity index (χ3n) is 5.71. The Hall–Kier alpha value is -3.88. The normalized spacial score (nSPS) is 14.9. The number of halogens is 1. The van der Waals surface area contributed by atoms with Crippen LogP contribution in [0.15, 0.2) is 83.9 Å². The van der Waals surface area contributed by atoms with E-state index in [1.165, 1.54) is 11.0 Å². The first-order chi connectivity index (χ1) is 16.9. The molecule has 1 saturated heterocycles. The number of para-hydroxylation sites is 1. The van der Waals surface area contributed by atoms with E-state index < -0.39 is 4.92 Å². The fraction of sp³-hybridized carbons (Fsp3) is 0.0769. The maximum Gasteiger partial charge on any atom is 0.293 e.